The highest BCUT2D eigenvalue weighted by atomic mass is 16.5. The summed E-state index contributed by atoms with van der Waals surface area (Å²) in [5.74, 6) is 1.60. The zero-order valence-electron chi connectivity index (χ0n) is 13.4. The molecule has 22 heavy (non-hydrogen) atoms. The maximum absolute atomic E-state index is 12.8. The highest BCUT2D eigenvalue weighted by Gasteiger charge is 2.45. The number of benzene rings is 2. The Labute approximate surface area is 132 Å². The van der Waals surface area contributed by atoms with Gasteiger partial charge < -0.3 is 4.74 Å². The van der Waals surface area contributed by atoms with Crippen LogP contribution in [0, 0.1) is 19.8 Å². The first-order valence-corrected chi connectivity index (χ1v) is 7.95. The summed E-state index contributed by atoms with van der Waals surface area (Å²) < 4.78 is 5.70. The van der Waals surface area contributed by atoms with Crippen molar-refractivity contribution in [2.45, 2.75) is 33.1 Å². The first-order chi connectivity index (χ1) is 10.6. The minimum atomic E-state index is 0.0992. The number of carbonyl (C=O) groups is 1. The molecule has 0 saturated heterocycles. The summed E-state index contributed by atoms with van der Waals surface area (Å²) in [7, 11) is 0. The molecule has 0 spiro atoms. The Morgan fingerprint density at radius 3 is 2.73 bits per heavy atom. The van der Waals surface area contributed by atoms with E-state index in [1.165, 1.54) is 5.56 Å². The first-order valence-electron chi connectivity index (χ1n) is 7.95. The lowest BCUT2D eigenvalue weighted by Crippen LogP contribution is -2.06. The molecule has 1 saturated carbocycles. The number of carbonyl (C=O) groups excluding carboxylic acids is 1. The molecular formula is C20H22O2. The van der Waals surface area contributed by atoms with Crippen LogP contribution in [0.2, 0.25) is 0 Å². The number of ketones is 1. The fraction of sp³-hybridized carbons (Fsp3) is 0.350. The summed E-state index contributed by atoms with van der Waals surface area (Å²) in [6, 6.07) is 14.2. The summed E-state index contributed by atoms with van der Waals surface area (Å²) in [5.41, 5.74) is 4.26. The summed E-state index contributed by atoms with van der Waals surface area (Å²) in [6.07, 6.45) is 0.927. The largest absolute Gasteiger partial charge is 0.494 e. The molecule has 114 valence electrons. The molecule has 0 amide bonds. The Morgan fingerprint density at radius 1 is 1.18 bits per heavy atom. The van der Waals surface area contributed by atoms with Crippen LogP contribution in [0.1, 0.15) is 46.3 Å². The molecule has 2 aromatic carbocycles. The van der Waals surface area contributed by atoms with Crippen LogP contribution in [0.4, 0.5) is 0 Å². The van der Waals surface area contributed by atoms with Crippen molar-refractivity contribution in [3.63, 3.8) is 0 Å². The Kier molecular flexibility index (Phi) is 4.02. The maximum Gasteiger partial charge on any atom is 0.166 e. The van der Waals surface area contributed by atoms with Gasteiger partial charge >= 0.3 is 0 Å². The van der Waals surface area contributed by atoms with Crippen LogP contribution in [-0.4, -0.2) is 12.4 Å². The lowest BCUT2D eigenvalue weighted by Gasteiger charge is -2.10. The van der Waals surface area contributed by atoms with E-state index in [0.717, 1.165) is 28.9 Å². The third-order valence-corrected chi connectivity index (χ3v) is 4.40. The Balaban J connectivity index is 1.82. The molecule has 2 unspecified atom stereocenters. The molecule has 1 fully saturated rings. The molecule has 2 heteroatoms. The monoisotopic (exact) mass is 294 g/mol. The van der Waals surface area contributed by atoms with Crippen molar-refractivity contribution in [1.82, 2.24) is 0 Å². The molecule has 0 aromatic heterocycles. The van der Waals surface area contributed by atoms with Gasteiger partial charge in [-0.1, -0.05) is 35.9 Å². The van der Waals surface area contributed by atoms with Crippen molar-refractivity contribution in [3.8, 4) is 5.75 Å². The van der Waals surface area contributed by atoms with Gasteiger partial charge in [-0.2, -0.15) is 0 Å². The van der Waals surface area contributed by atoms with Crippen LogP contribution < -0.4 is 4.74 Å². The third kappa shape index (κ3) is 2.78. The minimum Gasteiger partial charge on any atom is -0.494 e. The van der Waals surface area contributed by atoms with E-state index >= 15 is 0 Å². The van der Waals surface area contributed by atoms with E-state index in [1.807, 2.05) is 51.1 Å². The third-order valence-electron chi connectivity index (χ3n) is 4.40. The van der Waals surface area contributed by atoms with E-state index in [2.05, 4.69) is 12.1 Å². The molecule has 0 heterocycles. The van der Waals surface area contributed by atoms with E-state index in [9.17, 15) is 4.79 Å². The first kappa shape index (κ1) is 14.8. The standard InChI is InChI=1S/C20H22O2/c1-4-22-19-8-6-5-7-15(19)17-12-18(17)20(21)16-11-13(2)9-10-14(16)3/h5-11,17-18H,4,12H2,1-3H3. The summed E-state index contributed by atoms with van der Waals surface area (Å²) >= 11 is 0. The van der Waals surface area contributed by atoms with Crippen molar-refractivity contribution in [2.75, 3.05) is 6.61 Å². The Morgan fingerprint density at radius 2 is 1.95 bits per heavy atom. The molecule has 1 aliphatic carbocycles. The van der Waals surface area contributed by atoms with Crippen molar-refractivity contribution in [3.05, 3.63) is 64.7 Å². The van der Waals surface area contributed by atoms with E-state index in [-0.39, 0.29) is 11.7 Å². The number of ether oxygens (including phenoxy) is 1. The zero-order valence-corrected chi connectivity index (χ0v) is 13.4. The number of Topliss-reactive ketones (excluding diaryl/α,β-unsaturated/α-hetero) is 1. The minimum absolute atomic E-state index is 0.0992. The molecule has 2 nitrogen and oxygen atoms in total. The van der Waals surface area contributed by atoms with Gasteiger partial charge in [0.2, 0.25) is 0 Å². The van der Waals surface area contributed by atoms with Crippen LogP contribution in [0.3, 0.4) is 0 Å². The average molecular weight is 294 g/mol. The van der Waals surface area contributed by atoms with Crippen LogP contribution in [0.25, 0.3) is 0 Å². The molecule has 3 rings (SSSR count). The Hall–Kier alpha value is -2.09. The topological polar surface area (TPSA) is 26.3 Å². The predicted octanol–water partition coefficient (Wildman–Crippen LogP) is 4.69. The van der Waals surface area contributed by atoms with Gasteiger partial charge in [0.05, 0.1) is 6.61 Å². The highest BCUT2D eigenvalue weighted by molar-refractivity contribution is 6.01. The number of hydrogen-bond acceptors (Lipinski definition) is 2. The van der Waals surface area contributed by atoms with Crippen molar-refractivity contribution >= 4 is 5.78 Å². The normalized spacial score (nSPS) is 19.8. The molecule has 1 aliphatic rings. The predicted molar refractivity (Wildman–Crippen MR) is 88.7 cm³/mol. The smallest absolute Gasteiger partial charge is 0.166 e. The van der Waals surface area contributed by atoms with Gasteiger partial charge in [-0.15, -0.1) is 0 Å². The molecule has 2 aromatic rings. The zero-order chi connectivity index (χ0) is 15.7. The van der Waals surface area contributed by atoms with Crippen molar-refractivity contribution in [1.29, 1.82) is 0 Å². The molecular weight excluding hydrogens is 272 g/mol. The molecule has 0 radical (unpaired) electrons. The average Bonchev–Trinajstić information content (AvgIpc) is 3.30. The van der Waals surface area contributed by atoms with Gasteiger partial charge in [-0.3, -0.25) is 4.79 Å². The van der Waals surface area contributed by atoms with Gasteiger partial charge in [0.15, 0.2) is 5.78 Å². The van der Waals surface area contributed by atoms with Gasteiger partial charge in [-0.25, -0.2) is 0 Å². The second kappa shape index (κ2) is 5.96. The van der Waals surface area contributed by atoms with Gasteiger partial charge in [0.1, 0.15) is 5.75 Å². The SMILES string of the molecule is CCOc1ccccc1C1CC1C(=O)c1cc(C)ccc1C. The quantitative estimate of drug-likeness (QED) is 0.748. The summed E-state index contributed by atoms with van der Waals surface area (Å²) in [5, 5.41) is 0. The number of aryl methyl sites for hydroxylation is 2. The lowest BCUT2D eigenvalue weighted by atomic mass is 9.97. The van der Waals surface area contributed by atoms with Gasteiger partial charge in [0, 0.05) is 11.5 Å². The second-order valence-electron chi connectivity index (χ2n) is 6.10. The maximum atomic E-state index is 12.8. The summed E-state index contributed by atoms with van der Waals surface area (Å²) in [6.45, 7) is 6.69. The van der Waals surface area contributed by atoms with E-state index < -0.39 is 0 Å². The fourth-order valence-corrected chi connectivity index (χ4v) is 3.10. The lowest BCUT2D eigenvalue weighted by molar-refractivity contribution is 0.0964. The van der Waals surface area contributed by atoms with Gasteiger partial charge in [0.25, 0.3) is 0 Å². The number of rotatable bonds is 5. The van der Waals surface area contributed by atoms with Crippen molar-refractivity contribution in [2.24, 2.45) is 5.92 Å². The molecule has 2 atom stereocenters. The fourth-order valence-electron chi connectivity index (χ4n) is 3.10. The van der Waals surface area contributed by atoms with Gasteiger partial charge in [-0.05, 0) is 56.4 Å². The van der Waals surface area contributed by atoms with Crippen LogP contribution in [0.5, 0.6) is 5.75 Å². The molecule has 0 aliphatic heterocycles. The Bertz CT molecular complexity index is 703. The number of hydrogen-bond donors (Lipinski definition) is 0. The van der Waals surface area contributed by atoms with Crippen LogP contribution in [-0.2, 0) is 0 Å². The molecule has 0 N–H and O–H groups in total. The van der Waals surface area contributed by atoms with E-state index in [1.54, 1.807) is 0 Å². The van der Waals surface area contributed by atoms with Crippen LogP contribution >= 0.6 is 0 Å². The van der Waals surface area contributed by atoms with E-state index in [4.69, 9.17) is 4.74 Å². The van der Waals surface area contributed by atoms with Crippen LogP contribution in [0.15, 0.2) is 42.5 Å². The number of para-hydroxylation sites is 1. The summed E-state index contributed by atoms with van der Waals surface area (Å²) in [4.78, 5) is 12.8. The molecule has 0 bridgehead atoms. The second-order valence-corrected chi connectivity index (χ2v) is 6.10. The highest BCUT2D eigenvalue weighted by Crippen LogP contribution is 2.52. The van der Waals surface area contributed by atoms with E-state index in [0.29, 0.717) is 12.5 Å². The van der Waals surface area contributed by atoms with Crippen molar-refractivity contribution < 1.29 is 9.53 Å².